The lowest BCUT2D eigenvalue weighted by atomic mass is 10.1. The first kappa shape index (κ1) is 12.1. The van der Waals surface area contributed by atoms with E-state index in [-0.39, 0.29) is 29.3 Å². The average Bonchev–Trinajstić information content (AvgIpc) is 2.63. The van der Waals surface area contributed by atoms with Gasteiger partial charge < -0.3 is 10.1 Å². The molecular weight excluding hydrogens is 255 g/mol. The Bertz CT molecular complexity index is 419. The Kier molecular flexibility index (Phi) is 3.19. The largest absolute Gasteiger partial charge is 0.447 e. The zero-order valence-electron chi connectivity index (χ0n) is 8.45. The number of amides is 1. The topological polar surface area (TPSA) is 38.3 Å². The molecule has 1 heterocycles. The Morgan fingerprint density at radius 3 is 2.41 bits per heavy atom. The summed E-state index contributed by atoms with van der Waals surface area (Å²) in [7, 11) is 0. The van der Waals surface area contributed by atoms with Gasteiger partial charge in [0.15, 0.2) is 0 Å². The Hall–Kier alpha value is -1.37. The molecule has 0 unspecified atom stereocenters. The van der Waals surface area contributed by atoms with Gasteiger partial charge in [-0.3, -0.25) is 0 Å². The molecule has 1 aliphatic rings. The number of ether oxygens (including phenoxy) is 1. The molecule has 1 amide bonds. The van der Waals surface area contributed by atoms with Crippen LogP contribution in [0.25, 0.3) is 0 Å². The van der Waals surface area contributed by atoms with Crippen LogP contribution in [0.5, 0.6) is 0 Å². The van der Waals surface area contributed by atoms with Gasteiger partial charge in [0, 0.05) is 4.90 Å². The highest BCUT2D eigenvalue weighted by Crippen LogP contribution is 2.37. The van der Waals surface area contributed by atoms with Gasteiger partial charge in [0.2, 0.25) is 0 Å². The molecule has 7 heteroatoms. The molecule has 1 aromatic carbocycles. The van der Waals surface area contributed by atoms with E-state index in [0.29, 0.717) is 0 Å². The van der Waals surface area contributed by atoms with Crippen molar-refractivity contribution in [3.8, 4) is 0 Å². The summed E-state index contributed by atoms with van der Waals surface area (Å²) in [6.45, 7) is 0.199. The van der Waals surface area contributed by atoms with Gasteiger partial charge in [0.05, 0.1) is 6.04 Å². The zero-order chi connectivity index (χ0) is 12.5. The fraction of sp³-hybridized carbons (Fsp3) is 0.300. The lowest BCUT2D eigenvalue weighted by Gasteiger charge is -2.09. The van der Waals surface area contributed by atoms with Gasteiger partial charge in [-0.2, -0.15) is 13.2 Å². The van der Waals surface area contributed by atoms with Crippen LogP contribution in [0, 0.1) is 0 Å². The molecule has 1 atom stereocenters. The standard InChI is InChI=1S/C10H8F3NO2S/c11-10(12,13)17-7-3-1-6(2-4-7)8-5-16-9(15)14-8/h1-4,8H,5H2,(H,14,15)/t8-/m0/s1. The highest BCUT2D eigenvalue weighted by atomic mass is 32.2. The number of carbonyl (C=O) groups is 1. The minimum Gasteiger partial charge on any atom is -0.447 e. The van der Waals surface area contributed by atoms with Crippen molar-refractivity contribution in [3.63, 3.8) is 0 Å². The van der Waals surface area contributed by atoms with Crippen LogP contribution in [-0.2, 0) is 4.74 Å². The van der Waals surface area contributed by atoms with E-state index in [0.717, 1.165) is 5.56 Å². The smallest absolute Gasteiger partial charge is 0.446 e. The van der Waals surface area contributed by atoms with Gasteiger partial charge in [-0.05, 0) is 29.5 Å². The molecule has 0 saturated carbocycles. The molecule has 3 nitrogen and oxygen atoms in total. The van der Waals surface area contributed by atoms with Crippen LogP contribution in [0.15, 0.2) is 29.2 Å². The molecule has 0 aliphatic carbocycles. The van der Waals surface area contributed by atoms with Crippen molar-refractivity contribution in [2.24, 2.45) is 0 Å². The predicted molar refractivity (Wildman–Crippen MR) is 55.6 cm³/mol. The summed E-state index contributed by atoms with van der Waals surface area (Å²) in [5.41, 5.74) is -3.56. The monoisotopic (exact) mass is 263 g/mol. The third-order valence-electron chi connectivity index (χ3n) is 2.19. The minimum atomic E-state index is -4.29. The number of carbonyl (C=O) groups excluding carboxylic acids is 1. The van der Waals surface area contributed by atoms with E-state index in [1.165, 1.54) is 12.1 Å². The molecule has 92 valence electrons. The van der Waals surface area contributed by atoms with Crippen LogP contribution < -0.4 is 5.32 Å². The maximum absolute atomic E-state index is 12.1. The highest BCUT2D eigenvalue weighted by molar-refractivity contribution is 8.00. The zero-order valence-corrected chi connectivity index (χ0v) is 9.27. The second-order valence-electron chi connectivity index (χ2n) is 3.41. The Balaban J connectivity index is 2.05. The molecule has 0 bridgehead atoms. The van der Waals surface area contributed by atoms with Crippen LogP contribution in [-0.4, -0.2) is 18.2 Å². The second-order valence-corrected chi connectivity index (χ2v) is 4.55. The molecule has 17 heavy (non-hydrogen) atoms. The van der Waals surface area contributed by atoms with Crippen molar-refractivity contribution in [3.05, 3.63) is 29.8 Å². The first-order valence-corrected chi connectivity index (χ1v) is 5.55. The predicted octanol–water partition coefficient (Wildman–Crippen LogP) is 3.08. The van der Waals surface area contributed by atoms with E-state index >= 15 is 0 Å². The van der Waals surface area contributed by atoms with Gasteiger partial charge >= 0.3 is 11.6 Å². The lowest BCUT2D eigenvalue weighted by Crippen LogP contribution is -2.18. The van der Waals surface area contributed by atoms with Crippen LogP contribution >= 0.6 is 11.8 Å². The van der Waals surface area contributed by atoms with Crippen molar-refractivity contribution in [1.29, 1.82) is 0 Å². The molecule has 0 spiro atoms. The van der Waals surface area contributed by atoms with Gasteiger partial charge in [0.25, 0.3) is 0 Å². The van der Waals surface area contributed by atoms with Crippen LogP contribution in [0.4, 0.5) is 18.0 Å². The van der Waals surface area contributed by atoms with Gasteiger partial charge in [0.1, 0.15) is 6.61 Å². The van der Waals surface area contributed by atoms with Crippen LogP contribution in [0.1, 0.15) is 11.6 Å². The summed E-state index contributed by atoms with van der Waals surface area (Å²) in [5, 5.41) is 2.55. The van der Waals surface area contributed by atoms with E-state index in [2.05, 4.69) is 5.32 Å². The fourth-order valence-corrected chi connectivity index (χ4v) is 2.01. The molecule has 1 aromatic rings. The van der Waals surface area contributed by atoms with Crippen LogP contribution in [0.3, 0.4) is 0 Å². The van der Waals surface area contributed by atoms with Gasteiger partial charge in [-0.15, -0.1) is 0 Å². The summed E-state index contributed by atoms with van der Waals surface area (Å²) in [5.74, 6) is 0. The first-order chi connectivity index (χ1) is 7.94. The number of alkyl carbamates (subject to hydrolysis) is 1. The number of halogens is 3. The van der Waals surface area contributed by atoms with Crippen molar-refractivity contribution in [1.82, 2.24) is 5.32 Å². The number of hydrogen-bond donors (Lipinski definition) is 1. The van der Waals surface area contributed by atoms with E-state index in [1.54, 1.807) is 12.1 Å². The molecule has 2 rings (SSSR count). The van der Waals surface area contributed by atoms with Gasteiger partial charge in [-0.1, -0.05) is 12.1 Å². The third kappa shape index (κ3) is 3.29. The summed E-state index contributed by atoms with van der Waals surface area (Å²) < 4.78 is 40.9. The van der Waals surface area contributed by atoms with Crippen molar-refractivity contribution in [2.75, 3.05) is 6.61 Å². The molecule has 0 radical (unpaired) electrons. The number of alkyl halides is 3. The first-order valence-electron chi connectivity index (χ1n) is 4.73. The summed E-state index contributed by atoms with van der Waals surface area (Å²) in [6, 6.07) is 5.56. The molecule has 0 aromatic heterocycles. The Morgan fingerprint density at radius 1 is 1.29 bits per heavy atom. The average molecular weight is 263 g/mol. The molecule has 1 N–H and O–H groups in total. The number of thioether (sulfide) groups is 1. The quantitative estimate of drug-likeness (QED) is 0.833. The number of rotatable bonds is 2. The summed E-state index contributed by atoms with van der Waals surface area (Å²) in [6.07, 6.45) is -0.510. The number of cyclic esters (lactones) is 1. The minimum absolute atomic E-state index is 0.117. The fourth-order valence-electron chi connectivity index (χ4n) is 1.47. The number of hydrogen-bond acceptors (Lipinski definition) is 3. The maximum Gasteiger partial charge on any atom is 0.446 e. The summed E-state index contributed by atoms with van der Waals surface area (Å²) >= 11 is -0.166. The molecule has 1 fully saturated rings. The number of benzene rings is 1. The van der Waals surface area contributed by atoms with E-state index in [1.807, 2.05) is 0 Å². The third-order valence-corrected chi connectivity index (χ3v) is 2.93. The normalized spacial score (nSPS) is 19.9. The Morgan fingerprint density at radius 2 is 1.94 bits per heavy atom. The van der Waals surface area contributed by atoms with E-state index < -0.39 is 11.6 Å². The second kappa shape index (κ2) is 4.48. The van der Waals surface area contributed by atoms with E-state index in [9.17, 15) is 18.0 Å². The SMILES string of the molecule is O=C1N[C@H](c2ccc(SC(F)(F)F)cc2)CO1. The lowest BCUT2D eigenvalue weighted by molar-refractivity contribution is -0.0328. The molecular formula is C10H8F3NO2S. The molecule has 1 saturated heterocycles. The van der Waals surface area contributed by atoms with Gasteiger partial charge in [-0.25, -0.2) is 4.79 Å². The molecule has 1 aliphatic heterocycles. The van der Waals surface area contributed by atoms with Crippen molar-refractivity contribution < 1.29 is 22.7 Å². The van der Waals surface area contributed by atoms with Crippen molar-refractivity contribution in [2.45, 2.75) is 16.4 Å². The van der Waals surface area contributed by atoms with Crippen molar-refractivity contribution >= 4 is 17.9 Å². The number of nitrogens with one attached hydrogen (secondary N) is 1. The Labute approximate surface area is 99.3 Å². The highest BCUT2D eigenvalue weighted by Gasteiger charge is 2.29. The van der Waals surface area contributed by atoms with Crippen LogP contribution in [0.2, 0.25) is 0 Å². The van der Waals surface area contributed by atoms with E-state index in [4.69, 9.17) is 4.74 Å². The maximum atomic E-state index is 12.1. The summed E-state index contributed by atoms with van der Waals surface area (Å²) in [4.78, 5) is 10.9.